The van der Waals surface area contributed by atoms with E-state index in [9.17, 15) is 0 Å². The van der Waals surface area contributed by atoms with E-state index in [2.05, 4.69) is 11.1 Å². The predicted octanol–water partition coefficient (Wildman–Crippen LogP) is 2.69. The molecule has 0 aliphatic rings. The number of hydrogen-bond acceptors (Lipinski definition) is 4. The van der Waals surface area contributed by atoms with Crippen LogP contribution in [0.1, 0.15) is 0 Å². The Balaban J connectivity index is 2.26. The first-order valence-electron chi connectivity index (χ1n) is 5.05. The molecule has 2 aromatic rings. The summed E-state index contributed by atoms with van der Waals surface area (Å²) in [4.78, 5) is 4.03. The monoisotopic (exact) mass is 230 g/mol. The van der Waals surface area contributed by atoms with Crippen LogP contribution in [0.4, 0.5) is 0 Å². The van der Waals surface area contributed by atoms with Gasteiger partial charge in [0.15, 0.2) is 0 Å². The molecule has 0 saturated carbocycles. The highest BCUT2D eigenvalue weighted by molar-refractivity contribution is 5.43. The highest BCUT2D eigenvalue weighted by Crippen LogP contribution is 2.29. The van der Waals surface area contributed by atoms with Crippen molar-refractivity contribution in [2.24, 2.45) is 0 Å². The summed E-state index contributed by atoms with van der Waals surface area (Å²) < 4.78 is 15.9. The van der Waals surface area contributed by atoms with Crippen LogP contribution in [-0.4, -0.2) is 19.2 Å². The summed E-state index contributed by atoms with van der Waals surface area (Å²) >= 11 is 0. The highest BCUT2D eigenvalue weighted by atomic mass is 16.5. The zero-order valence-corrected chi connectivity index (χ0v) is 9.64. The maximum absolute atomic E-state index is 5.57. The maximum Gasteiger partial charge on any atom is 0.219 e. The van der Waals surface area contributed by atoms with Gasteiger partial charge in [-0.2, -0.15) is 0 Å². The summed E-state index contributed by atoms with van der Waals surface area (Å²) in [6.07, 6.45) is 1.55. The van der Waals surface area contributed by atoms with Crippen LogP contribution in [-0.2, 0) is 0 Å². The second-order valence-corrected chi connectivity index (χ2v) is 3.25. The third kappa shape index (κ3) is 2.87. The van der Waals surface area contributed by atoms with Crippen molar-refractivity contribution < 1.29 is 14.2 Å². The Morgan fingerprint density at radius 1 is 1.00 bits per heavy atom. The zero-order valence-electron chi connectivity index (χ0n) is 9.64. The Kier molecular flexibility index (Phi) is 3.45. The van der Waals surface area contributed by atoms with Crippen LogP contribution in [0.15, 0.2) is 36.5 Å². The first kappa shape index (κ1) is 11.3. The zero-order chi connectivity index (χ0) is 12.1. The molecule has 4 heteroatoms. The van der Waals surface area contributed by atoms with Gasteiger partial charge in [0, 0.05) is 36.5 Å². The molecule has 0 amide bonds. The molecule has 0 atom stereocenters. The maximum atomic E-state index is 5.57. The molecule has 4 nitrogen and oxygen atoms in total. The Morgan fingerprint density at radius 2 is 1.65 bits per heavy atom. The molecular formula is C13H12NO3. The number of aromatic nitrogens is 1. The van der Waals surface area contributed by atoms with Crippen molar-refractivity contribution in [2.45, 2.75) is 0 Å². The van der Waals surface area contributed by atoms with Gasteiger partial charge in [-0.05, 0) is 6.07 Å². The molecule has 1 aromatic heterocycles. The van der Waals surface area contributed by atoms with Crippen molar-refractivity contribution in [3.8, 4) is 23.1 Å². The fraction of sp³-hybridized carbons (Fsp3) is 0.154. The predicted molar refractivity (Wildman–Crippen MR) is 62.7 cm³/mol. The lowest BCUT2D eigenvalue weighted by Crippen LogP contribution is -1.91. The molecule has 17 heavy (non-hydrogen) atoms. The van der Waals surface area contributed by atoms with E-state index in [0.717, 1.165) is 0 Å². The highest BCUT2D eigenvalue weighted by Gasteiger charge is 2.04. The molecular weight excluding hydrogens is 218 g/mol. The van der Waals surface area contributed by atoms with Gasteiger partial charge in [0.2, 0.25) is 5.88 Å². The third-order valence-electron chi connectivity index (χ3n) is 2.14. The van der Waals surface area contributed by atoms with Crippen LogP contribution in [0.5, 0.6) is 23.1 Å². The van der Waals surface area contributed by atoms with Crippen LogP contribution >= 0.6 is 0 Å². The van der Waals surface area contributed by atoms with Gasteiger partial charge < -0.3 is 14.2 Å². The molecule has 1 aromatic carbocycles. The van der Waals surface area contributed by atoms with Crippen molar-refractivity contribution >= 4 is 0 Å². The molecule has 1 radical (unpaired) electrons. The molecule has 0 saturated heterocycles. The summed E-state index contributed by atoms with van der Waals surface area (Å²) in [5.41, 5.74) is 0. The van der Waals surface area contributed by atoms with Crippen LogP contribution in [0.3, 0.4) is 0 Å². The van der Waals surface area contributed by atoms with Gasteiger partial charge in [0.25, 0.3) is 0 Å². The topological polar surface area (TPSA) is 40.6 Å². The van der Waals surface area contributed by atoms with Gasteiger partial charge in [-0.1, -0.05) is 0 Å². The van der Waals surface area contributed by atoms with Crippen molar-refractivity contribution in [3.05, 3.63) is 42.6 Å². The number of nitrogens with zero attached hydrogens (tertiary/aromatic N) is 1. The van der Waals surface area contributed by atoms with E-state index in [1.54, 1.807) is 50.7 Å². The van der Waals surface area contributed by atoms with E-state index in [4.69, 9.17) is 14.2 Å². The van der Waals surface area contributed by atoms with Gasteiger partial charge in [-0.15, -0.1) is 0 Å². The number of hydrogen-bond donors (Lipinski definition) is 0. The van der Waals surface area contributed by atoms with Crippen LogP contribution < -0.4 is 14.2 Å². The second-order valence-electron chi connectivity index (χ2n) is 3.25. The van der Waals surface area contributed by atoms with Crippen molar-refractivity contribution in [1.82, 2.24) is 4.98 Å². The lowest BCUT2D eigenvalue weighted by molar-refractivity contribution is 0.385. The van der Waals surface area contributed by atoms with Gasteiger partial charge >= 0.3 is 0 Å². The van der Waals surface area contributed by atoms with Crippen LogP contribution in [0.2, 0.25) is 0 Å². The first-order valence-corrected chi connectivity index (χ1v) is 5.05. The first-order chi connectivity index (χ1) is 8.31. The van der Waals surface area contributed by atoms with E-state index < -0.39 is 0 Å². The summed E-state index contributed by atoms with van der Waals surface area (Å²) in [6.45, 7) is 0. The number of methoxy groups -OCH3 is 2. The fourth-order valence-corrected chi connectivity index (χ4v) is 1.33. The summed E-state index contributed by atoms with van der Waals surface area (Å²) in [5, 5.41) is 0. The summed E-state index contributed by atoms with van der Waals surface area (Å²) in [6, 6.07) is 11.6. The minimum Gasteiger partial charge on any atom is -0.496 e. The van der Waals surface area contributed by atoms with Gasteiger partial charge in [-0.25, -0.2) is 4.98 Å². The third-order valence-corrected chi connectivity index (χ3v) is 2.14. The van der Waals surface area contributed by atoms with Crippen LogP contribution in [0.25, 0.3) is 0 Å². The quantitative estimate of drug-likeness (QED) is 0.809. The Morgan fingerprint density at radius 3 is 2.18 bits per heavy atom. The van der Waals surface area contributed by atoms with E-state index in [1.165, 1.54) is 0 Å². The fourth-order valence-electron chi connectivity index (χ4n) is 1.33. The average Bonchev–Trinajstić information content (AvgIpc) is 2.39. The smallest absolute Gasteiger partial charge is 0.219 e. The average molecular weight is 230 g/mol. The molecule has 2 rings (SSSR count). The molecule has 1 heterocycles. The second kappa shape index (κ2) is 5.21. The van der Waals surface area contributed by atoms with E-state index in [-0.39, 0.29) is 0 Å². The summed E-state index contributed by atoms with van der Waals surface area (Å²) in [5.74, 6) is 2.45. The minimum absolute atomic E-state index is 0.499. The number of pyridine rings is 1. The lowest BCUT2D eigenvalue weighted by Gasteiger charge is -2.08. The van der Waals surface area contributed by atoms with Gasteiger partial charge in [-0.3, -0.25) is 0 Å². The molecule has 0 spiro atoms. The Labute approximate surface area is 99.8 Å². The van der Waals surface area contributed by atoms with Gasteiger partial charge in [0.1, 0.15) is 17.2 Å². The molecule has 0 fully saturated rings. The largest absolute Gasteiger partial charge is 0.496 e. The number of benzene rings is 1. The Bertz CT molecular complexity index is 463. The SMILES string of the molecule is COc1cc(OC)cc(Oc2cc[c]cn2)c1. The van der Waals surface area contributed by atoms with E-state index >= 15 is 0 Å². The standard InChI is InChI=1S/C13H12NO3/c1-15-10-7-11(16-2)9-12(8-10)17-13-5-3-4-6-14-13/h3,5-9H,1-2H3. The number of rotatable bonds is 4. The van der Waals surface area contributed by atoms with Crippen LogP contribution in [0, 0.1) is 6.07 Å². The number of ether oxygens (including phenoxy) is 3. The van der Waals surface area contributed by atoms with E-state index in [1.807, 2.05) is 0 Å². The molecule has 0 unspecified atom stereocenters. The molecule has 87 valence electrons. The van der Waals surface area contributed by atoms with E-state index in [0.29, 0.717) is 23.1 Å². The van der Waals surface area contributed by atoms with Gasteiger partial charge in [0.05, 0.1) is 14.2 Å². The van der Waals surface area contributed by atoms with Crippen molar-refractivity contribution in [3.63, 3.8) is 0 Å². The molecule has 0 aliphatic heterocycles. The molecule has 0 aliphatic carbocycles. The van der Waals surface area contributed by atoms with Crippen molar-refractivity contribution in [2.75, 3.05) is 14.2 Å². The normalized spacial score (nSPS) is 9.76. The molecule has 0 N–H and O–H groups in total. The minimum atomic E-state index is 0.499. The Hall–Kier alpha value is -2.23. The van der Waals surface area contributed by atoms with Crippen molar-refractivity contribution in [1.29, 1.82) is 0 Å². The summed E-state index contributed by atoms with van der Waals surface area (Å²) in [7, 11) is 3.18. The lowest BCUT2D eigenvalue weighted by atomic mass is 10.3. The molecule has 0 bridgehead atoms.